The predicted octanol–water partition coefficient (Wildman–Crippen LogP) is 4.19. The van der Waals surface area contributed by atoms with Crippen LogP contribution in [0.2, 0.25) is 10.0 Å². The molecule has 0 atom stereocenters. The van der Waals surface area contributed by atoms with Crippen LogP contribution in [0, 0.1) is 17.1 Å². The van der Waals surface area contributed by atoms with Crippen molar-refractivity contribution in [1.82, 2.24) is 4.98 Å². The molecule has 0 spiro atoms. The molecule has 0 unspecified atom stereocenters. The number of ether oxygens (including phenoxy) is 1. The zero-order valence-electron chi connectivity index (χ0n) is 8.82. The van der Waals surface area contributed by atoms with E-state index in [1.807, 2.05) is 6.07 Å². The molecule has 0 aliphatic heterocycles. The number of nitriles is 1. The Morgan fingerprint density at radius 2 is 2.06 bits per heavy atom. The zero-order valence-corrected chi connectivity index (χ0v) is 10.3. The van der Waals surface area contributed by atoms with Gasteiger partial charge in [-0.25, -0.2) is 9.37 Å². The van der Waals surface area contributed by atoms with Crippen LogP contribution in [0.1, 0.15) is 5.56 Å². The number of halogens is 3. The Morgan fingerprint density at radius 3 is 2.78 bits per heavy atom. The molecule has 1 heterocycles. The summed E-state index contributed by atoms with van der Waals surface area (Å²) in [5, 5.41) is 8.75. The van der Waals surface area contributed by atoms with Gasteiger partial charge in [0.05, 0.1) is 10.6 Å². The summed E-state index contributed by atoms with van der Waals surface area (Å²) in [6.07, 6.45) is 1.35. The normalized spacial score (nSPS) is 9.89. The van der Waals surface area contributed by atoms with Crippen molar-refractivity contribution in [2.24, 2.45) is 0 Å². The van der Waals surface area contributed by atoms with E-state index in [-0.39, 0.29) is 27.2 Å². The molecular formula is C12H5Cl2FN2O. The molecule has 2 aromatic rings. The fourth-order valence-electron chi connectivity index (χ4n) is 1.25. The van der Waals surface area contributed by atoms with Crippen molar-refractivity contribution in [3.8, 4) is 17.7 Å². The van der Waals surface area contributed by atoms with Gasteiger partial charge < -0.3 is 4.74 Å². The van der Waals surface area contributed by atoms with Crippen LogP contribution in [-0.2, 0) is 0 Å². The lowest BCUT2D eigenvalue weighted by Gasteiger charge is -2.08. The SMILES string of the molecule is N#Cc1ccnc(Oc2cccc(Cl)c2F)c1Cl. The van der Waals surface area contributed by atoms with Crippen LogP contribution in [0.15, 0.2) is 30.5 Å². The maximum absolute atomic E-state index is 13.6. The lowest BCUT2D eigenvalue weighted by molar-refractivity contribution is 0.428. The monoisotopic (exact) mass is 282 g/mol. The molecule has 1 aromatic carbocycles. The second kappa shape index (κ2) is 5.21. The van der Waals surface area contributed by atoms with Gasteiger partial charge in [-0.05, 0) is 18.2 Å². The first-order chi connectivity index (χ1) is 8.63. The van der Waals surface area contributed by atoms with Crippen molar-refractivity contribution in [2.45, 2.75) is 0 Å². The Balaban J connectivity index is 2.41. The Hall–Kier alpha value is -1.83. The van der Waals surface area contributed by atoms with Crippen LogP contribution in [0.5, 0.6) is 11.6 Å². The summed E-state index contributed by atoms with van der Waals surface area (Å²) >= 11 is 11.5. The van der Waals surface area contributed by atoms with Gasteiger partial charge in [0.2, 0.25) is 5.88 Å². The summed E-state index contributed by atoms with van der Waals surface area (Å²) < 4.78 is 18.8. The molecule has 0 saturated carbocycles. The topological polar surface area (TPSA) is 45.9 Å². The van der Waals surface area contributed by atoms with E-state index in [0.717, 1.165) is 0 Å². The van der Waals surface area contributed by atoms with E-state index in [0.29, 0.717) is 0 Å². The highest BCUT2D eigenvalue weighted by Gasteiger charge is 2.13. The second-order valence-electron chi connectivity index (χ2n) is 3.24. The van der Waals surface area contributed by atoms with E-state index in [1.54, 1.807) is 0 Å². The Morgan fingerprint density at radius 1 is 1.28 bits per heavy atom. The average molecular weight is 283 g/mol. The molecule has 0 aliphatic rings. The number of benzene rings is 1. The first kappa shape index (κ1) is 12.6. The second-order valence-corrected chi connectivity index (χ2v) is 4.03. The standard InChI is InChI=1S/C12H5Cl2FN2O/c13-8-2-1-3-9(11(8)15)18-12-10(14)7(6-16)4-5-17-12/h1-5H. The van der Waals surface area contributed by atoms with Gasteiger partial charge in [-0.3, -0.25) is 0 Å². The summed E-state index contributed by atoms with van der Waals surface area (Å²) in [5.41, 5.74) is 0.198. The van der Waals surface area contributed by atoms with Gasteiger partial charge in [0, 0.05) is 6.20 Å². The lowest BCUT2D eigenvalue weighted by Crippen LogP contribution is -1.93. The number of aromatic nitrogens is 1. The van der Waals surface area contributed by atoms with Crippen molar-refractivity contribution in [1.29, 1.82) is 5.26 Å². The molecule has 6 heteroatoms. The van der Waals surface area contributed by atoms with Gasteiger partial charge in [-0.1, -0.05) is 29.3 Å². The van der Waals surface area contributed by atoms with E-state index < -0.39 is 5.82 Å². The number of hydrogen-bond donors (Lipinski definition) is 0. The summed E-state index contributed by atoms with van der Waals surface area (Å²) in [4.78, 5) is 3.84. The molecule has 0 N–H and O–H groups in total. The van der Waals surface area contributed by atoms with Gasteiger partial charge in [0.25, 0.3) is 0 Å². The molecule has 0 fully saturated rings. The van der Waals surface area contributed by atoms with Gasteiger partial charge in [-0.15, -0.1) is 0 Å². The summed E-state index contributed by atoms with van der Waals surface area (Å²) in [7, 11) is 0. The average Bonchev–Trinajstić information content (AvgIpc) is 2.37. The minimum Gasteiger partial charge on any atom is -0.434 e. The minimum absolute atomic E-state index is 0.0272. The fraction of sp³-hybridized carbons (Fsp3) is 0. The maximum Gasteiger partial charge on any atom is 0.239 e. The first-order valence-electron chi connectivity index (χ1n) is 4.80. The van der Waals surface area contributed by atoms with Crippen molar-refractivity contribution in [3.05, 3.63) is 51.9 Å². The third kappa shape index (κ3) is 2.37. The van der Waals surface area contributed by atoms with Gasteiger partial charge >= 0.3 is 0 Å². The lowest BCUT2D eigenvalue weighted by atomic mass is 10.3. The Bertz CT molecular complexity index is 640. The van der Waals surface area contributed by atoms with Gasteiger partial charge in [0.15, 0.2) is 11.6 Å². The summed E-state index contributed by atoms with van der Waals surface area (Å²) in [5.74, 6) is -0.858. The molecule has 0 bridgehead atoms. The molecule has 0 aliphatic carbocycles. The number of nitrogens with zero attached hydrogens (tertiary/aromatic N) is 2. The van der Waals surface area contributed by atoms with Crippen molar-refractivity contribution in [2.75, 3.05) is 0 Å². The highest BCUT2D eigenvalue weighted by molar-refractivity contribution is 6.33. The molecule has 18 heavy (non-hydrogen) atoms. The zero-order chi connectivity index (χ0) is 13.1. The minimum atomic E-state index is -0.709. The van der Waals surface area contributed by atoms with Crippen LogP contribution < -0.4 is 4.74 Å². The van der Waals surface area contributed by atoms with E-state index in [9.17, 15) is 4.39 Å². The summed E-state index contributed by atoms with van der Waals surface area (Å²) in [6, 6.07) is 7.62. The fourth-order valence-corrected chi connectivity index (χ4v) is 1.61. The third-order valence-corrected chi connectivity index (χ3v) is 2.76. The molecule has 0 amide bonds. The number of hydrogen-bond acceptors (Lipinski definition) is 3. The molecule has 1 aromatic heterocycles. The molecule has 90 valence electrons. The number of rotatable bonds is 2. The van der Waals surface area contributed by atoms with Crippen LogP contribution in [0.3, 0.4) is 0 Å². The molecule has 0 saturated heterocycles. The van der Waals surface area contributed by atoms with Crippen molar-refractivity contribution >= 4 is 23.2 Å². The Labute approximate surface area is 112 Å². The highest BCUT2D eigenvalue weighted by Crippen LogP contribution is 2.32. The third-order valence-electron chi connectivity index (χ3n) is 2.10. The smallest absolute Gasteiger partial charge is 0.239 e. The first-order valence-corrected chi connectivity index (χ1v) is 5.55. The highest BCUT2D eigenvalue weighted by atomic mass is 35.5. The van der Waals surface area contributed by atoms with Crippen LogP contribution >= 0.6 is 23.2 Å². The largest absolute Gasteiger partial charge is 0.434 e. The molecule has 2 rings (SSSR count). The van der Waals surface area contributed by atoms with E-state index in [2.05, 4.69) is 4.98 Å². The molecular weight excluding hydrogens is 278 g/mol. The van der Waals surface area contributed by atoms with Crippen LogP contribution in [0.25, 0.3) is 0 Å². The van der Waals surface area contributed by atoms with Gasteiger partial charge in [0.1, 0.15) is 11.1 Å². The maximum atomic E-state index is 13.6. The quantitative estimate of drug-likeness (QED) is 0.830. The van der Waals surface area contributed by atoms with E-state index in [4.69, 9.17) is 33.2 Å². The Kier molecular flexibility index (Phi) is 3.66. The van der Waals surface area contributed by atoms with Crippen molar-refractivity contribution < 1.29 is 9.13 Å². The van der Waals surface area contributed by atoms with Gasteiger partial charge in [-0.2, -0.15) is 5.26 Å². The van der Waals surface area contributed by atoms with E-state index >= 15 is 0 Å². The van der Waals surface area contributed by atoms with Crippen LogP contribution in [0.4, 0.5) is 4.39 Å². The van der Waals surface area contributed by atoms with Crippen LogP contribution in [-0.4, -0.2) is 4.98 Å². The number of pyridine rings is 1. The molecule has 3 nitrogen and oxygen atoms in total. The molecule has 0 radical (unpaired) electrons. The summed E-state index contributed by atoms with van der Waals surface area (Å²) in [6.45, 7) is 0. The van der Waals surface area contributed by atoms with Crippen molar-refractivity contribution in [3.63, 3.8) is 0 Å². The predicted molar refractivity (Wildman–Crippen MR) is 65.4 cm³/mol. The van der Waals surface area contributed by atoms with E-state index in [1.165, 1.54) is 30.5 Å².